The number of hydrogen-bond acceptors (Lipinski definition) is 5. The van der Waals surface area contributed by atoms with Crippen molar-refractivity contribution in [2.45, 2.75) is 13.5 Å². The molecule has 0 saturated carbocycles. The number of anilines is 1. The molecule has 2 heterocycles. The van der Waals surface area contributed by atoms with Crippen molar-refractivity contribution in [3.63, 3.8) is 0 Å². The standard InChI is InChI=1S/C17H16N4O2S/c1-12-20-14(11-24-12)10-19-17(22)21-13-2-4-15(5-3-13)23-16-6-8-18-9-7-16/h2-9,11H,10H2,1H3,(H2,19,21,22). The summed E-state index contributed by atoms with van der Waals surface area (Å²) in [6, 6.07) is 10.4. The van der Waals surface area contributed by atoms with E-state index in [1.807, 2.05) is 12.3 Å². The molecule has 3 aromatic rings. The molecular formula is C17H16N4O2S. The van der Waals surface area contributed by atoms with Gasteiger partial charge in [-0.05, 0) is 43.3 Å². The van der Waals surface area contributed by atoms with Gasteiger partial charge < -0.3 is 15.4 Å². The Kier molecular flexibility index (Phi) is 5.02. The van der Waals surface area contributed by atoms with E-state index in [1.165, 1.54) is 0 Å². The van der Waals surface area contributed by atoms with Crippen molar-refractivity contribution in [2.24, 2.45) is 0 Å². The molecule has 3 rings (SSSR count). The predicted octanol–water partition coefficient (Wildman–Crippen LogP) is 3.96. The molecule has 0 aliphatic rings. The number of rotatable bonds is 5. The highest BCUT2D eigenvalue weighted by Crippen LogP contribution is 2.22. The molecule has 122 valence electrons. The molecule has 0 bridgehead atoms. The van der Waals surface area contributed by atoms with Gasteiger partial charge in [0, 0.05) is 23.5 Å². The molecule has 2 N–H and O–H groups in total. The summed E-state index contributed by atoms with van der Waals surface area (Å²) < 4.78 is 5.67. The van der Waals surface area contributed by atoms with Crippen LogP contribution in [0.5, 0.6) is 11.5 Å². The van der Waals surface area contributed by atoms with E-state index in [0.717, 1.165) is 10.7 Å². The Morgan fingerprint density at radius 3 is 2.50 bits per heavy atom. The molecule has 7 heteroatoms. The summed E-state index contributed by atoms with van der Waals surface area (Å²) in [5, 5.41) is 8.46. The van der Waals surface area contributed by atoms with Crippen molar-refractivity contribution in [3.8, 4) is 11.5 Å². The van der Waals surface area contributed by atoms with Gasteiger partial charge in [-0.1, -0.05) is 0 Å². The fourth-order valence-electron chi connectivity index (χ4n) is 1.98. The molecule has 2 aromatic heterocycles. The monoisotopic (exact) mass is 340 g/mol. The van der Waals surface area contributed by atoms with Crippen LogP contribution < -0.4 is 15.4 Å². The van der Waals surface area contributed by atoms with E-state index in [-0.39, 0.29) is 6.03 Å². The van der Waals surface area contributed by atoms with Crippen molar-refractivity contribution < 1.29 is 9.53 Å². The van der Waals surface area contributed by atoms with E-state index >= 15 is 0 Å². The highest BCUT2D eigenvalue weighted by Gasteiger charge is 2.04. The number of thiazole rings is 1. The van der Waals surface area contributed by atoms with Crippen LogP contribution in [0.15, 0.2) is 54.2 Å². The van der Waals surface area contributed by atoms with Gasteiger partial charge in [0.25, 0.3) is 0 Å². The Balaban J connectivity index is 1.51. The maximum absolute atomic E-state index is 11.9. The SMILES string of the molecule is Cc1nc(CNC(=O)Nc2ccc(Oc3ccncc3)cc2)cs1. The largest absolute Gasteiger partial charge is 0.457 e. The van der Waals surface area contributed by atoms with Crippen molar-refractivity contribution >= 4 is 23.1 Å². The van der Waals surface area contributed by atoms with Crippen LogP contribution in [0.25, 0.3) is 0 Å². The number of nitrogens with one attached hydrogen (secondary N) is 2. The first kappa shape index (κ1) is 15.9. The number of pyridine rings is 1. The molecule has 0 atom stereocenters. The minimum Gasteiger partial charge on any atom is -0.457 e. The van der Waals surface area contributed by atoms with E-state index in [0.29, 0.717) is 23.7 Å². The molecule has 0 fully saturated rings. The summed E-state index contributed by atoms with van der Waals surface area (Å²) in [6.07, 6.45) is 3.33. The van der Waals surface area contributed by atoms with Gasteiger partial charge in [0.1, 0.15) is 11.5 Å². The lowest BCUT2D eigenvalue weighted by Crippen LogP contribution is -2.28. The van der Waals surface area contributed by atoms with E-state index in [2.05, 4.69) is 20.6 Å². The maximum atomic E-state index is 11.9. The first-order valence-corrected chi connectivity index (χ1v) is 8.21. The smallest absolute Gasteiger partial charge is 0.319 e. The Bertz CT molecular complexity index is 803. The van der Waals surface area contributed by atoms with Gasteiger partial charge in [-0.2, -0.15) is 0 Å². The number of hydrogen-bond donors (Lipinski definition) is 2. The van der Waals surface area contributed by atoms with Gasteiger partial charge in [0.05, 0.1) is 17.2 Å². The first-order chi connectivity index (χ1) is 11.7. The number of ether oxygens (including phenoxy) is 1. The fourth-order valence-corrected chi connectivity index (χ4v) is 2.60. The zero-order chi connectivity index (χ0) is 16.8. The van der Waals surface area contributed by atoms with Crippen LogP contribution in [-0.2, 0) is 6.54 Å². The van der Waals surface area contributed by atoms with Crippen molar-refractivity contribution in [2.75, 3.05) is 5.32 Å². The number of urea groups is 1. The second-order valence-electron chi connectivity index (χ2n) is 4.97. The maximum Gasteiger partial charge on any atom is 0.319 e. The van der Waals surface area contributed by atoms with Crippen molar-refractivity contribution in [1.29, 1.82) is 0 Å². The van der Waals surface area contributed by atoms with Crippen LogP contribution in [0.2, 0.25) is 0 Å². The predicted molar refractivity (Wildman–Crippen MR) is 93.5 cm³/mol. The fraction of sp³-hybridized carbons (Fsp3) is 0.118. The van der Waals surface area contributed by atoms with E-state index in [9.17, 15) is 4.79 Å². The summed E-state index contributed by atoms with van der Waals surface area (Å²) in [5.74, 6) is 1.40. The molecule has 0 unspecified atom stereocenters. The molecule has 0 saturated heterocycles. The average molecular weight is 340 g/mol. The van der Waals surface area contributed by atoms with Crippen LogP contribution in [-0.4, -0.2) is 16.0 Å². The lowest BCUT2D eigenvalue weighted by atomic mass is 10.3. The summed E-state index contributed by atoms with van der Waals surface area (Å²) in [5.41, 5.74) is 1.54. The van der Waals surface area contributed by atoms with Crippen LogP contribution in [0.1, 0.15) is 10.7 Å². The third-order valence-corrected chi connectivity index (χ3v) is 3.92. The van der Waals surface area contributed by atoms with Gasteiger partial charge in [-0.15, -0.1) is 11.3 Å². The first-order valence-electron chi connectivity index (χ1n) is 7.33. The minimum absolute atomic E-state index is 0.275. The molecular weight excluding hydrogens is 324 g/mol. The Morgan fingerprint density at radius 2 is 1.83 bits per heavy atom. The van der Waals surface area contributed by atoms with Gasteiger partial charge >= 0.3 is 6.03 Å². The number of carbonyl (C=O) groups excluding carboxylic acids is 1. The van der Waals surface area contributed by atoms with Gasteiger partial charge in [0.2, 0.25) is 0 Å². The van der Waals surface area contributed by atoms with Gasteiger partial charge in [-0.25, -0.2) is 9.78 Å². The third kappa shape index (κ3) is 4.53. The highest BCUT2D eigenvalue weighted by atomic mass is 32.1. The van der Waals surface area contributed by atoms with E-state index < -0.39 is 0 Å². The second kappa shape index (κ2) is 7.56. The summed E-state index contributed by atoms with van der Waals surface area (Å²) in [4.78, 5) is 20.1. The molecule has 2 amide bonds. The Hall–Kier alpha value is -2.93. The molecule has 0 aliphatic carbocycles. The number of amides is 2. The molecule has 1 aromatic carbocycles. The van der Waals surface area contributed by atoms with Crippen LogP contribution >= 0.6 is 11.3 Å². The Morgan fingerprint density at radius 1 is 1.12 bits per heavy atom. The topological polar surface area (TPSA) is 76.1 Å². The molecule has 6 nitrogen and oxygen atoms in total. The quantitative estimate of drug-likeness (QED) is 0.737. The van der Waals surface area contributed by atoms with Crippen LogP contribution in [0.3, 0.4) is 0 Å². The van der Waals surface area contributed by atoms with Crippen molar-refractivity contribution in [3.05, 3.63) is 64.9 Å². The normalized spacial score (nSPS) is 10.2. The van der Waals surface area contributed by atoms with Crippen LogP contribution in [0.4, 0.5) is 10.5 Å². The second-order valence-corrected chi connectivity index (χ2v) is 6.04. The number of aryl methyl sites for hydroxylation is 1. The molecule has 0 spiro atoms. The Labute approximate surface area is 143 Å². The van der Waals surface area contributed by atoms with Crippen molar-refractivity contribution in [1.82, 2.24) is 15.3 Å². The number of nitrogens with zero attached hydrogens (tertiary/aromatic N) is 2. The highest BCUT2D eigenvalue weighted by molar-refractivity contribution is 7.09. The minimum atomic E-state index is -0.275. The number of benzene rings is 1. The third-order valence-electron chi connectivity index (χ3n) is 3.09. The molecule has 0 aliphatic heterocycles. The van der Waals surface area contributed by atoms with E-state index in [1.54, 1.807) is 60.1 Å². The zero-order valence-electron chi connectivity index (χ0n) is 13.0. The summed E-state index contributed by atoms with van der Waals surface area (Å²) in [7, 11) is 0. The van der Waals surface area contributed by atoms with Gasteiger partial charge in [0.15, 0.2) is 0 Å². The lowest BCUT2D eigenvalue weighted by Gasteiger charge is -2.08. The summed E-state index contributed by atoms with van der Waals surface area (Å²) >= 11 is 1.56. The van der Waals surface area contributed by atoms with Crippen LogP contribution in [0, 0.1) is 6.92 Å². The lowest BCUT2D eigenvalue weighted by molar-refractivity contribution is 0.251. The molecule has 24 heavy (non-hydrogen) atoms. The van der Waals surface area contributed by atoms with Gasteiger partial charge in [-0.3, -0.25) is 4.98 Å². The zero-order valence-corrected chi connectivity index (χ0v) is 13.8. The number of carbonyl (C=O) groups is 1. The number of aromatic nitrogens is 2. The molecule has 0 radical (unpaired) electrons. The summed E-state index contributed by atoms with van der Waals surface area (Å²) in [6.45, 7) is 2.34. The average Bonchev–Trinajstić information content (AvgIpc) is 3.01. The van der Waals surface area contributed by atoms with E-state index in [4.69, 9.17) is 4.74 Å².